The number of nitrogens with zero attached hydrogens (tertiary/aromatic N) is 3. The topological polar surface area (TPSA) is 535 Å². The number of aromatic hydroxyl groups is 1. The first-order valence-electron chi connectivity index (χ1n) is 32.5. The fourth-order valence-electron chi connectivity index (χ4n) is 10.6. The molecule has 31 heteroatoms. The van der Waals surface area contributed by atoms with E-state index >= 15 is 0 Å². The van der Waals surface area contributed by atoms with Crippen LogP contribution in [0.15, 0.2) is 64.6 Å². The van der Waals surface area contributed by atoms with Crippen molar-refractivity contribution in [3.05, 3.63) is 65.7 Å². The van der Waals surface area contributed by atoms with Gasteiger partial charge in [0, 0.05) is 38.6 Å². The minimum absolute atomic E-state index is 0.00818. The van der Waals surface area contributed by atoms with Gasteiger partial charge in [-0.2, -0.15) is 0 Å². The van der Waals surface area contributed by atoms with Crippen LogP contribution in [0.2, 0.25) is 0 Å². The Morgan fingerprint density at radius 3 is 1.72 bits per heavy atom. The number of amides is 10. The molecule has 524 valence electrons. The first-order chi connectivity index (χ1) is 44.8. The summed E-state index contributed by atoms with van der Waals surface area (Å²) in [5.41, 5.74) is 47.1. The van der Waals surface area contributed by atoms with Gasteiger partial charge in [0.15, 0.2) is 11.9 Å². The number of likely N-dealkylation sites (tertiary alicyclic amines) is 1. The Hall–Kier alpha value is -8.68. The predicted octanol–water partition coefficient (Wildman–Crippen LogP) is -3.46. The van der Waals surface area contributed by atoms with Crippen LogP contribution in [0, 0.1) is 11.8 Å². The Morgan fingerprint density at radius 2 is 1.14 bits per heavy atom. The second-order valence-corrected chi connectivity index (χ2v) is 24.2. The molecule has 0 spiro atoms. The molecule has 1 saturated heterocycles. The molecule has 1 aliphatic heterocycles. The third-order valence-electron chi connectivity index (χ3n) is 15.9. The van der Waals surface area contributed by atoms with E-state index in [0.717, 1.165) is 0 Å². The Morgan fingerprint density at radius 1 is 0.585 bits per heavy atom. The number of rotatable bonds is 45. The van der Waals surface area contributed by atoms with Gasteiger partial charge in [0.25, 0.3) is 0 Å². The standard InChI is InChI=1S/C63H106N20O11/c1-5-39(4)53(60(93)81-48(21-14-30-73-63(70)71)61(94)83-31-15-22-50(83)59(92)79-45(54(67)87)18-9-11-27-64)82-57(90)47(19-10-12-28-65)80-56(89)46(20-13-29-72-62(68)69)74-35-42(32-38(2)3)77-58(91)49(34-40-16-7-6-8-17-40)78-52(86)37-75-51(85)36-76-55(88)44(66)33-41-23-25-43(84)26-24-41/h6-8,16-17,23-26,38-39,42,44-50,53,74,84H,5,9-15,18-22,27-37,64-66H2,1-4H3,(H2,67,87)(H,75,85)(H,76,88)(H,77,91)(H,78,86)(H,79,92)(H,80,89)(H,81,93)(H,82,90)(H4,68,69,72)(H4,70,71,73)/t39-,42-,44-,45-,46-,47-,48-,49-,50-,53-/m0/s1. The summed E-state index contributed by atoms with van der Waals surface area (Å²) >= 11 is 0. The second-order valence-electron chi connectivity index (χ2n) is 24.2. The number of hydrogen-bond donors (Lipinski definition) is 18. The van der Waals surface area contributed by atoms with Crippen LogP contribution in [0.1, 0.15) is 129 Å². The van der Waals surface area contributed by atoms with E-state index in [0.29, 0.717) is 69.0 Å². The van der Waals surface area contributed by atoms with Crippen molar-refractivity contribution in [1.82, 2.24) is 52.8 Å². The maximum Gasteiger partial charge on any atom is 0.245 e. The summed E-state index contributed by atoms with van der Waals surface area (Å²) < 4.78 is 0. The number of carbonyl (C=O) groups is 10. The van der Waals surface area contributed by atoms with Gasteiger partial charge < -0.3 is 104 Å². The number of phenols is 1. The Kier molecular flexibility index (Phi) is 36.6. The SMILES string of the molecule is CC[C@H](C)[C@H](NC(=O)[C@H](CCCCN)NC(=O)[C@H](CCCN=C(N)N)NC[C@H](CC(C)C)NC(=O)[C@H](Cc1ccccc1)NC(=O)CNC(=O)CNC(=O)[C@@H](N)Cc1ccc(O)cc1)C(=O)N[C@@H](CCCN=C(N)N)C(=O)N1CCC[C@H]1C(=O)N[C@@H](CCCCN)C(N)=O. The number of nitrogens with one attached hydrogen (secondary N) is 9. The zero-order chi connectivity index (χ0) is 69.7. The van der Waals surface area contributed by atoms with Crippen molar-refractivity contribution in [1.29, 1.82) is 0 Å². The van der Waals surface area contributed by atoms with Crippen molar-refractivity contribution in [3.63, 3.8) is 0 Å². The molecule has 10 atom stereocenters. The molecule has 1 fully saturated rings. The van der Waals surface area contributed by atoms with Crippen molar-refractivity contribution >= 4 is 71.0 Å². The Balaban J connectivity index is 1.86. The Bertz CT molecular complexity index is 2790. The van der Waals surface area contributed by atoms with Crippen LogP contribution in [0.3, 0.4) is 0 Å². The van der Waals surface area contributed by atoms with Crippen molar-refractivity contribution in [2.75, 3.05) is 52.4 Å². The van der Waals surface area contributed by atoms with Gasteiger partial charge in [-0.05, 0) is 138 Å². The van der Waals surface area contributed by atoms with Crippen molar-refractivity contribution < 1.29 is 53.1 Å². The van der Waals surface area contributed by atoms with Crippen LogP contribution in [0.25, 0.3) is 0 Å². The van der Waals surface area contributed by atoms with E-state index in [2.05, 4.69) is 57.8 Å². The number of benzene rings is 2. The van der Waals surface area contributed by atoms with E-state index < -0.39 is 132 Å². The van der Waals surface area contributed by atoms with Gasteiger partial charge in [-0.15, -0.1) is 0 Å². The molecule has 3 rings (SSSR count). The van der Waals surface area contributed by atoms with Gasteiger partial charge in [-0.3, -0.25) is 57.9 Å². The van der Waals surface area contributed by atoms with E-state index in [9.17, 15) is 53.1 Å². The molecule has 31 nitrogen and oxygen atoms in total. The van der Waals surface area contributed by atoms with E-state index in [-0.39, 0.29) is 108 Å². The average Bonchev–Trinajstić information content (AvgIpc) is 1.61. The summed E-state index contributed by atoms with van der Waals surface area (Å²) in [6.07, 6.45) is 4.83. The van der Waals surface area contributed by atoms with E-state index in [1.165, 1.54) is 17.0 Å². The van der Waals surface area contributed by atoms with Gasteiger partial charge >= 0.3 is 0 Å². The Labute approximate surface area is 551 Å². The monoisotopic (exact) mass is 1320 g/mol. The molecule has 0 unspecified atom stereocenters. The number of nitrogens with two attached hydrogens (primary N) is 8. The maximum atomic E-state index is 14.7. The number of carbonyl (C=O) groups excluding carboxylic acids is 10. The summed E-state index contributed by atoms with van der Waals surface area (Å²) in [7, 11) is 0. The highest BCUT2D eigenvalue weighted by molar-refractivity contribution is 5.97. The average molecular weight is 1320 g/mol. The highest BCUT2D eigenvalue weighted by atomic mass is 16.3. The number of phenolic OH excluding ortho intramolecular Hbond substituents is 1. The van der Waals surface area contributed by atoms with Gasteiger partial charge in [-0.25, -0.2) is 0 Å². The van der Waals surface area contributed by atoms with Crippen LogP contribution in [0.4, 0.5) is 0 Å². The highest BCUT2D eigenvalue weighted by Crippen LogP contribution is 2.22. The molecule has 1 heterocycles. The van der Waals surface area contributed by atoms with Gasteiger partial charge in [-0.1, -0.05) is 76.6 Å². The lowest BCUT2D eigenvalue weighted by atomic mass is 9.96. The smallest absolute Gasteiger partial charge is 0.245 e. The molecule has 1 aliphatic rings. The van der Waals surface area contributed by atoms with Crippen LogP contribution < -0.4 is 93.7 Å². The summed E-state index contributed by atoms with van der Waals surface area (Å²) in [5, 5.41) is 34.8. The summed E-state index contributed by atoms with van der Waals surface area (Å²) in [5.74, 6) is -7.24. The number of aliphatic imine (C=N–C) groups is 2. The normalized spacial score (nSPS) is 15.6. The van der Waals surface area contributed by atoms with Crippen molar-refractivity contribution in [2.45, 2.75) is 185 Å². The van der Waals surface area contributed by atoms with Crippen molar-refractivity contribution in [2.24, 2.45) is 67.7 Å². The number of guanidine groups is 2. The lowest BCUT2D eigenvalue weighted by Crippen LogP contribution is -2.60. The lowest BCUT2D eigenvalue weighted by Gasteiger charge is -2.32. The summed E-state index contributed by atoms with van der Waals surface area (Å²) in [6.45, 7) is 7.56. The zero-order valence-electron chi connectivity index (χ0n) is 55.0. The minimum atomic E-state index is -1.24. The third-order valence-corrected chi connectivity index (χ3v) is 15.9. The molecule has 26 N–H and O–H groups in total. The van der Waals surface area contributed by atoms with Crippen LogP contribution in [-0.2, 0) is 60.8 Å². The van der Waals surface area contributed by atoms with E-state index in [1.54, 1.807) is 49.4 Å². The second kappa shape index (κ2) is 43.3. The molecule has 0 bridgehead atoms. The first kappa shape index (κ1) is 79.6. The minimum Gasteiger partial charge on any atom is -0.508 e. The van der Waals surface area contributed by atoms with Gasteiger partial charge in [0.2, 0.25) is 59.1 Å². The quantitative estimate of drug-likeness (QED) is 0.0174. The predicted molar refractivity (Wildman–Crippen MR) is 358 cm³/mol. The number of unbranched alkanes of at least 4 members (excludes halogenated alkanes) is 2. The molecular formula is C63H106N20O11. The fourth-order valence-corrected chi connectivity index (χ4v) is 10.6. The van der Waals surface area contributed by atoms with E-state index in [4.69, 9.17) is 45.9 Å². The molecule has 94 heavy (non-hydrogen) atoms. The third kappa shape index (κ3) is 30.4. The lowest BCUT2D eigenvalue weighted by molar-refractivity contribution is -0.142. The van der Waals surface area contributed by atoms with E-state index in [1.807, 2.05) is 20.8 Å². The maximum absolute atomic E-state index is 14.7. The molecule has 2 aromatic carbocycles. The highest BCUT2D eigenvalue weighted by Gasteiger charge is 2.40. The summed E-state index contributed by atoms with van der Waals surface area (Å²) in [6, 6.07) is 5.67. The van der Waals surface area contributed by atoms with Crippen LogP contribution in [-0.4, -0.2) is 188 Å². The zero-order valence-corrected chi connectivity index (χ0v) is 55.0. The van der Waals surface area contributed by atoms with Crippen LogP contribution in [0.5, 0.6) is 5.75 Å². The van der Waals surface area contributed by atoms with Gasteiger partial charge in [0.05, 0.1) is 25.2 Å². The van der Waals surface area contributed by atoms with Crippen LogP contribution >= 0.6 is 0 Å². The molecule has 0 aromatic heterocycles. The summed E-state index contributed by atoms with van der Waals surface area (Å²) in [4.78, 5) is 147. The molecule has 0 saturated carbocycles. The number of primary amides is 1. The van der Waals surface area contributed by atoms with Crippen molar-refractivity contribution in [3.8, 4) is 5.75 Å². The largest absolute Gasteiger partial charge is 0.508 e. The molecule has 2 aromatic rings. The molecule has 0 aliphatic carbocycles. The molecule has 0 radical (unpaired) electrons. The molecule has 10 amide bonds. The first-order valence-corrected chi connectivity index (χ1v) is 32.5. The molecular weight excluding hydrogens is 1210 g/mol. The number of hydrogen-bond acceptors (Lipinski definition) is 17. The van der Waals surface area contributed by atoms with Gasteiger partial charge in [0.1, 0.15) is 42.0 Å². The fraction of sp³-hybridized carbons (Fsp3) is 0.619.